The van der Waals surface area contributed by atoms with Crippen molar-refractivity contribution in [2.75, 3.05) is 46.3 Å². The maximum absolute atomic E-state index is 13.0. The van der Waals surface area contributed by atoms with Crippen molar-refractivity contribution in [3.8, 4) is 0 Å². The summed E-state index contributed by atoms with van der Waals surface area (Å²) in [5.74, 6) is 0.606. The zero-order chi connectivity index (χ0) is 18.6. The Kier molecular flexibility index (Phi) is 10.2. The van der Waals surface area contributed by atoms with E-state index in [1.807, 2.05) is 7.05 Å². The van der Waals surface area contributed by atoms with E-state index in [9.17, 15) is 13.2 Å². The van der Waals surface area contributed by atoms with Crippen LogP contribution in [0.5, 0.6) is 0 Å². The number of nitrogens with one attached hydrogen (secondary N) is 2. The smallest absolute Gasteiger partial charge is 0.243 e. The Labute approximate surface area is 180 Å². The van der Waals surface area contributed by atoms with Gasteiger partial charge in [-0.05, 0) is 44.0 Å². The minimum Gasteiger partial charge on any atom is -0.351 e. The molecular weight excluding hydrogens is 423 g/mol. The molecule has 0 bridgehead atoms. The Balaban J connectivity index is 0.00000196. The maximum atomic E-state index is 13.0. The second kappa shape index (κ2) is 11.3. The summed E-state index contributed by atoms with van der Waals surface area (Å²) in [4.78, 5) is 14.4. The standard InChI is InChI=1S/C18H28N4O3S.2ClH/c1-21-8-10-22(11-9-21)26(24,25)17-5-3-2-4-16(17)13-20-18(23)14-19-12-15-6-7-15;;/h2-5,15,19H,6-14H2,1H3,(H,20,23);2*1H. The fourth-order valence-electron chi connectivity index (χ4n) is 3.04. The Morgan fingerprint density at radius 2 is 1.75 bits per heavy atom. The van der Waals surface area contributed by atoms with E-state index < -0.39 is 10.0 Å². The average molecular weight is 453 g/mol. The van der Waals surface area contributed by atoms with Crippen molar-refractivity contribution < 1.29 is 13.2 Å². The largest absolute Gasteiger partial charge is 0.351 e. The van der Waals surface area contributed by atoms with Crippen molar-refractivity contribution in [2.24, 2.45) is 5.92 Å². The molecule has 0 radical (unpaired) electrons. The topological polar surface area (TPSA) is 81.8 Å². The van der Waals surface area contributed by atoms with Crippen LogP contribution < -0.4 is 10.6 Å². The van der Waals surface area contributed by atoms with Crippen molar-refractivity contribution in [3.63, 3.8) is 0 Å². The molecule has 28 heavy (non-hydrogen) atoms. The second-order valence-electron chi connectivity index (χ2n) is 7.17. The fraction of sp³-hybridized carbons (Fsp3) is 0.611. The van der Waals surface area contributed by atoms with Gasteiger partial charge in [0.1, 0.15) is 0 Å². The van der Waals surface area contributed by atoms with Gasteiger partial charge in [0.15, 0.2) is 0 Å². The quantitative estimate of drug-likeness (QED) is 0.616. The summed E-state index contributed by atoms with van der Waals surface area (Å²) in [6.45, 7) is 3.80. The van der Waals surface area contributed by atoms with Crippen LogP contribution in [-0.2, 0) is 21.4 Å². The van der Waals surface area contributed by atoms with Crippen LogP contribution in [0.15, 0.2) is 29.2 Å². The first-order valence-electron chi connectivity index (χ1n) is 9.21. The SMILES string of the molecule is CN1CCN(S(=O)(=O)c2ccccc2CNC(=O)CNCC2CC2)CC1.Cl.Cl. The number of likely N-dealkylation sites (N-methyl/N-ethyl adjacent to an activating group) is 1. The van der Waals surface area contributed by atoms with Crippen molar-refractivity contribution >= 4 is 40.7 Å². The number of nitrogens with zero attached hydrogens (tertiary/aromatic N) is 2. The molecule has 1 saturated heterocycles. The average Bonchev–Trinajstić information content (AvgIpc) is 3.45. The van der Waals surface area contributed by atoms with Gasteiger partial charge in [-0.15, -0.1) is 24.8 Å². The predicted molar refractivity (Wildman–Crippen MR) is 115 cm³/mol. The van der Waals surface area contributed by atoms with Gasteiger partial charge in [0.05, 0.1) is 11.4 Å². The van der Waals surface area contributed by atoms with Gasteiger partial charge in [0, 0.05) is 32.7 Å². The molecule has 2 N–H and O–H groups in total. The van der Waals surface area contributed by atoms with E-state index in [4.69, 9.17) is 0 Å². The zero-order valence-electron chi connectivity index (χ0n) is 16.1. The number of benzene rings is 1. The molecule has 7 nitrogen and oxygen atoms in total. The summed E-state index contributed by atoms with van der Waals surface area (Å²) in [6.07, 6.45) is 2.48. The third-order valence-corrected chi connectivity index (χ3v) is 6.94. The zero-order valence-corrected chi connectivity index (χ0v) is 18.5. The Bertz CT molecular complexity index is 736. The number of piperazine rings is 1. The molecule has 3 rings (SSSR count). The number of hydrogen-bond acceptors (Lipinski definition) is 5. The highest BCUT2D eigenvalue weighted by Gasteiger charge is 2.29. The molecule has 10 heteroatoms. The molecular formula is C18H30Cl2N4O3S. The molecule has 1 aliphatic heterocycles. The van der Waals surface area contributed by atoms with Crippen LogP contribution >= 0.6 is 24.8 Å². The minimum absolute atomic E-state index is 0. The van der Waals surface area contributed by atoms with Crippen LogP contribution in [0.4, 0.5) is 0 Å². The molecule has 160 valence electrons. The lowest BCUT2D eigenvalue weighted by Crippen LogP contribution is -2.47. The second-order valence-corrected chi connectivity index (χ2v) is 9.07. The van der Waals surface area contributed by atoms with E-state index >= 15 is 0 Å². The molecule has 0 unspecified atom stereocenters. The summed E-state index contributed by atoms with van der Waals surface area (Å²) >= 11 is 0. The fourth-order valence-corrected chi connectivity index (χ4v) is 4.68. The summed E-state index contributed by atoms with van der Waals surface area (Å²) < 4.78 is 27.5. The molecule has 1 amide bonds. The Hall–Kier alpha value is -0.900. The van der Waals surface area contributed by atoms with Crippen molar-refractivity contribution in [1.29, 1.82) is 0 Å². The third-order valence-electron chi connectivity index (χ3n) is 4.94. The number of rotatable bonds is 8. The molecule has 2 fully saturated rings. The summed E-state index contributed by atoms with van der Waals surface area (Å²) in [5.41, 5.74) is 0.627. The van der Waals surface area contributed by atoms with Crippen molar-refractivity contribution in [2.45, 2.75) is 24.3 Å². The monoisotopic (exact) mass is 452 g/mol. The molecule has 1 aromatic carbocycles. The molecule has 1 aliphatic carbocycles. The highest BCUT2D eigenvalue weighted by Crippen LogP contribution is 2.27. The van der Waals surface area contributed by atoms with Gasteiger partial charge >= 0.3 is 0 Å². The molecule has 0 spiro atoms. The third kappa shape index (κ3) is 6.86. The Morgan fingerprint density at radius 3 is 2.39 bits per heavy atom. The highest BCUT2D eigenvalue weighted by atomic mass is 35.5. The van der Waals surface area contributed by atoms with Gasteiger partial charge < -0.3 is 15.5 Å². The number of sulfonamides is 1. The van der Waals surface area contributed by atoms with Gasteiger partial charge in [0.2, 0.25) is 15.9 Å². The van der Waals surface area contributed by atoms with Gasteiger partial charge in [-0.25, -0.2) is 8.42 Å². The number of halogens is 2. The van der Waals surface area contributed by atoms with E-state index in [0.717, 1.165) is 25.6 Å². The van der Waals surface area contributed by atoms with Crippen molar-refractivity contribution in [1.82, 2.24) is 19.8 Å². The van der Waals surface area contributed by atoms with Gasteiger partial charge in [0.25, 0.3) is 0 Å². The lowest BCUT2D eigenvalue weighted by Gasteiger charge is -2.32. The van der Waals surface area contributed by atoms with E-state index in [1.165, 1.54) is 17.1 Å². The normalized spacial score (nSPS) is 18.0. The van der Waals surface area contributed by atoms with Crippen LogP contribution in [-0.4, -0.2) is 69.8 Å². The molecule has 1 aromatic rings. The number of hydrogen-bond donors (Lipinski definition) is 2. The first kappa shape index (κ1) is 25.1. The number of carbonyl (C=O) groups is 1. The van der Waals surface area contributed by atoms with E-state index in [2.05, 4.69) is 15.5 Å². The van der Waals surface area contributed by atoms with Crippen LogP contribution in [0.2, 0.25) is 0 Å². The maximum Gasteiger partial charge on any atom is 0.243 e. The van der Waals surface area contributed by atoms with E-state index in [1.54, 1.807) is 24.3 Å². The molecule has 1 heterocycles. The molecule has 0 atom stereocenters. The highest BCUT2D eigenvalue weighted by molar-refractivity contribution is 7.89. The van der Waals surface area contributed by atoms with Crippen LogP contribution in [0.1, 0.15) is 18.4 Å². The number of carbonyl (C=O) groups excluding carboxylic acids is 1. The van der Waals surface area contributed by atoms with Crippen LogP contribution in [0.3, 0.4) is 0 Å². The minimum atomic E-state index is -3.54. The van der Waals surface area contributed by atoms with Gasteiger partial charge in [-0.1, -0.05) is 18.2 Å². The van der Waals surface area contributed by atoms with Crippen LogP contribution in [0.25, 0.3) is 0 Å². The first-order chi connectivity index (χ1) is 12.5. The van der Waals surface area contributed by atoms with Gasteiger partial charge in [-0.3, -0.25) is 4.79 Å². The molecule has 2 aliphatic rings. The lowest BCUT2D eigenvalue weighted by atomic mass is 10.2. The lowest BCUT2D eigenvalue weighted by molar-refractivity contribution is -0.120. The summed E-state index contributed by atoms with van der Waals surface area (Å²) in [6, 6.07) is 6.92. The van der Waals surface area contributed by atoms with Crippen molar-refractivity contribution in [3.05, 3.63) is 29.8 Å². The van der Waals surface area contributed by atoms with Crippen LogP contribution in [0, 0.1) is 5.92 Å². The summed E-state index contributed by atoms with van der Waals surface area (Å²) in [5, 5.41) is 5.96. The molecule has 1 saturated carbocycles. The van der Waals surface area contributed by atoms with E-state index in [-0.39, 0.29) is 48.7 Å². The van der Waals surface area contributed by atoms with E-state index in [0.29, 0.717) is 18.7 Å². The predicted octanol–water partition coefficient (Wildman–Crippen LogP) is 1.08. The van der Waals surface area contributed by atoms with Gasteiger partial charge in [-0.2, -0.15) is 4.31 Å². The number of amides is 1. The first-order valence-corrected chi connectivity index (χ1v) is 10.6. The Morgan fingerprint density at radius 1 is 1.11 bits per heavy atom. The summed E-state index contributed by atoms with van der Waals surface area (Å²) in [7, 11) is -1.55. The molecule has 0 aromatic heterocycles.